The molecule has 1 aromatic rings. The van der Waals surface area contributed by atoms with E-state index < -0.39 is 17.0 Å². The number of aryl methyl sites for hydroxylation is 1. The molecule has 1 aliphatic heterocycles. The van der Waals surface area contributed by atoms with Crippen LogP contribution in [-0.4, -0.2) is 44.0 Å². The van der Waals surface area contributed by atoms with Crippen molar-refractivity contribution in [3.05, 3.63) is 29.6 Å². The van der Waals surface area contributed by atoms with Crippen molar-refractivity contribution in [2.24, 2.45) is 5.92 Å². The van der Waals surface area contributed by atoms with Crippen LogP contribution in [0.3, 0.4) is 0 Å². The van der Waals surface area contributed by atoms with Gasteiger partial charge in [0.15, 0.2) is 0 Å². The second-order valence-electron chi connectivity index (χ2n) is 9.21. The molecule has 2 rings (SSSR count). The van der Waals surface area contributed by atoms with Gasteiger partial charge in [0.1, 0.15) is 10.3 Å². The van der Waals surface area contributed by atoms with Crippen molar-refractivity contribution in [1.29, 1.82) is 0 Å². The number of aromatic nitrogens is 1. The van der Waals surface area contributed by atoms with Gasteiger partial charge >= 0.3 is 6.09 Å². The van der Waals surface area contributed by atoms with E-state index in [1.54, 1.807) is 4.90 Å². The van der Waals surface area contributed by atoms with E-state index in [-0.39, 0.29) is 22.8 Å². The second-order valence-corrected chi connectivity index (χ2v) is 11.2. The fraction of sp³-hybridized carbons (Fsp3) is 0.700. The zero-order chi connectivity index (χ0) is 20.4. The van der Waals surface area contributed by atoms with Crippen LogP contribution in [0.25, 0.3) is 0 Å². The average Bonchev–Trinajstić information content (AvgIpc) is 3.00. The molecule has 6 nitrogen and oxygen atoms in total. The molecule has 0 bridgehead atoms. The Kier molecular flexibility index (Phi) is 6.81. The second kappa shape index (κ2) is 8.37. The summed E-state index contributed by atoms with van der Waals surface area (Å²) in [7, 11) is 0. The fourth-order valence-corrected chi connectivity index (χ4v) is 3.80. The summed E-state index contributed by atoms with van der Waals surface area (Å²) in [6.45, 7) is 14.6. The minimum Gasteiger partial charge on any atom is -0.598 e. The summed E-state index contributed by atoms with van der Waals surface area (Å²) in [6.07, 6.45) is 2.34. The number of likely N-dealkylation sites (tertiary alicyclic amines) is 1. The fourth-order valence-electron chi connectivity index (χ4n) is 2.91. The van der Waals surface area contributed by atoms with Crippen LogP contribution < -0.4 is 4.72 Å². The molecule has 3 atom stereocenters. The lowest BCUT2D eigenvalue weighted by Crippen LogP contribution is -2.44. The van der Waals surface area contributed by atoms with E-state index in [0.29, 0.717) is 13.1 Å². The number of hydrogen-bond acceptors (Lipinski definition) is 5. The monoisotopic (exact) mass is 395 g/mol. The Morgan fingerprint density at radius 3 is 2.52 bits per heavy atom. The van der Waals surface area contributed by atoms with E-state index in [1.807, 2.05) is 66.8 Å². The predicted molar refractivity (Wildman–Crippen MR) is 109 cm³/mol. The molecular formula is C20H33N3O3S. The van der Waals surface area contributed by atoms with E-state index in [9.17, 15) is 9.35 Å². The standard InChI is InChI=1S/C20H33N3O3S/c1-14-8-9-16(21-12-14)17(22-27(25)20(5,6)7)15-10-11-23(13-15)18(24)26-19(2,3)4/h8-9,12,15,17,22H,10-11,13H2,1-7H3/t15-,17?,27?/m1/s1. The van der Waals surface area contributed by atoms with E-state index in [4.69, 9.17) is 4.74 Å². The molecule has 152 valence electrons. The highest BCUT2D eigenvalue weighted by Gasteiger charge is 2.39. The van der Waals surface area contributed by atoms with Gasteiger partial charge < -0.3 is 14.2 Å². The Hall–Kier alpha value is -1.31. The molecule has 1 amide bonds. The molecule has 0 aromatic carbocycles. The van der Waals surface area contributed by atoms with Crippen LogP contribution in [-0.2, 0) is 16.1 Å². The quantitative estimate of drug-likeness (QED) is 0.786. The highest BCUT2D eigenvalue weighted by atomic mass is 32.2. The van der Waals surface area contributed by atoms with Gasteiger partial charge in [-0.3, -0.25) is 4.98 Å². The van der Waals surface area contributed by atoms with Gasteiger partial charge in [-0.25, -0.2) is 4.79 Å². The summed E-state index contributed by atoms with van der Waals surface area (Å²) in [5.74, 6) is 0.124. The number of carbonyl (C=O) groups excluding carboxylic acids is 1. The Balaban J connectivity index is 2.16. The molecule has 1 N–H and O–H groups in total. The molecule has 27 heavy (non-hydrogen) atoms. The lowest BCUT2D eigenvalue weighted by molar-refractivity contribution is 0.0286. The predicted octanol–water partition coefficient (Wildman–Crippen LogP) is 3.74. The van der Waals surface area contributed by atoms with E-state index in [2.05, 4.69) is 9.71 Å². The largest absolute Gasteiger partial charge is 0.598 e. The van der Waals surface area contributed by atoms with Crippen molar-refractivity contribution in [1.82, 2.24) is 14.6 Å². The summed E-state index contributed by atoms with van der Waals surface area (Å²) in [5.41, 5.74) is 1.42. The number of nitrogens with one attached hydrogen (secondary N) is 1. The number of carbonyl (C=O) groups is 1. The minimum atomic E-state index is -1.23. The van der Waals surface area contributed by atoms with Crippen LogP contribution in [0.2, 0.25) is 0 Å². The van der Waals surface area contributed by atoms with Gasteiger partial charge in [0, 0.05) is 36.6 Å². The molecule has 0 aliphatic carbocycles. The number of hydrogen-bond donors (Lipinski definition) is 1. The highest BCUT2D eigenvalue weighted by Crippen LogP contribution is 2.32. The van der Waals surface area contributed by atoms with Crippen molar-refractivity contribution in [3.63, 3.8) is 0 Å². The highest BCUT2D eigenvalue weighted by molar-refractivity contribution is 7.90. The van der Waals surface area contributed by atoms with E-state index in [0.717, 1.165) is 17.7 Å². The number of nitrogens with zero attached hydrogens (tertiary/aromatic N) is 2. The molecule has 0 saturated carbocycles. The Bertz CT molecular complexity index is 637. The molecule has 1 aromatic heterocycles. The summed E-state index contributed by atoms with van der Waals surface area (Å²) >= 11 is -1.23. The van der Waals surface area contributed by atoms with E-state index >= 15 is 0 Å². The third kappa shape index (κ3) is 6.36. The number of amides is 1. The van der Waals surface area contributed by atoms with Gasteiger partial charge in [-0.1, -0.05) is 6.07 Å². The van der Waals surface area contributed by atoms with Crippen molar-refractivity contribution in [2.45, 2.75) is 71.3 Å². The molecule has 2 heterocycles. The van der Waals surface area contributed by atoms with Gasteiger partial charge in [0.25, 0.3) is 0 Å². The van der Waals surface area contributed by atoms with Crippen LogP contribution in [0.15, 0.2) is 18.3 Å². The Morgan fingerprint density at radius 2 is 2.00 bits per heavy atom. The molecule has 1 saturated heterocycles. The van der Waals surface area contributed by atoms with Crippen molar-refractivity contribution >= 4 is 17.5 Å². The third-order valence-electron chi connectivity index (χ3n) is 4.39. The first-order valence-corrected chi connectivity index (χ1v) is 10.6. The van der Waals surface area contributed by atoms with Gasteiger partial charge in [-0.15, -0.1) is 4.72 Å². The first-order valence-electron chi connectivity index (χ1n) is 9.45. The van der Waals surface area contributed by atoms with Gasteiger partial charge in [0.2, 0.25) is 0 Å². The zero-order valence-electron chi connectivity index (χ0n) is 17.5. The Morgan fingerprint density at radius 1 is 1.33 bits per heavy atom. The van der Waals surface area contributed by atoms with Crippen LogP contribution in [0, 0.1) is 12.8 Å². The summed E-state index contributed by atoms with van der Waals surface area (Å²) < 4.78 is 21.1. The van der Waals surface area contributed by atoms with Crippen molar-refractivity contribution < 1.29 is 14.1 Å². The molecule has 2 unspecified atom stereocenters. The molecule has 1 fully saturated rings. The molecular weight excluding hydrogens is 362 g/mol. The van der Waals surface area contributed by atoms with Crippen molar-refractivity contribution in [3.8, 4) is 0 Å². The smallest absolute Gasteiger partial charge is 0.410 e. The zero-order valence-corrected chi connectivity index (χ0v) is 18.4. The third-order valence-corrected chi connectivity index (χ3v) is 5.97. The average molecular weight is 396 g/mol. The topological polar surface area (TPSA) is 77.5 Å². The van der Waals surface area contributed by atoms with E-state index in [1.165, 1.54) is 0 Å². The summed E-state index contributed by atoms with van der Waals surface area (Å²) in [5, 5.41) is 0. The maximum absolute atomic E-state index is 12.7. The van der Waals surface area contributed by atoms with Crippen LogP contribution in [0.4, 0.5) is 4.79 Å². The summed E-state index contributed by atoms with van der Waals surface area (Å²) in [4.78, 5) is 18.7. The lowest BCUT2D eigenvalue weighted by atomic mass is 9.96. The van der Waals surface area contributed by atoms with Gasteiger partial charge in [-0.05, 0) is 66.5 Å². The van der Waals surface area contributed by atoms with Crippen LogP contribution >= 0.6 is 0 Å². The van der Waals surface area contributed by atoms with Crippen LogP contribution in [0.5, 0.6) is 0 Å². The van der Waals surface area contributed by atoms with Gasteiger partial charge in [-0.2, -0.15) is 0 Å². The molecule has 0 spiro atoms. The number of ether oxygens (including phenoxy) is 1. The van der Waals surface area contributed by atoms with Crippen LogP contribution in [0.1, 0.15) is 65.3 Å². The number of pyridine rings is 1. The van der Waals surface area contributed by atoms with Gasteiger partial charge in [0.05, 0.1) is 11.7 Å². The number of rotatable bonds is 4. The molecule has 1 aliphatic rings. The first kappa shape index (κ1) is 22.0. The SMILES string of the molecule is Cc1ccc(C(N[S+]([O-])C(C)(C)C)[C@@H]2CCN(C(=O)OC(C)(C)C)C2)nc1. The normalized spacial score (nSPS) is 20.4. The lowest BCUT2D eigenvalue weighted by Gasteiger charge is -2.30. The Labute approximate surface area is 166 Å². The summed E-state index contributed by atoms with van der Waals surface area (Å²) in [6, 6.07) is 3.80. The molecule has 0 radical (unpaired) electrons. The molecule has 7 heteroatoms. The maximum atomic E-state index is 12.7. The van der Waals surface area contributed by atoms with Crippen molar-refractivity contribution in [2.75, 3.05) is 13.1 Å². The minimum absolute atomic E-state index is 0.124. The first-order chi connectivity index (χ1) is 12.4. The maximum Gasteiger partial charge on any atom is 0.410 e.